The van der Waals surface area contributed by atoms with E-state index in [1.807, 2.05) is 0 Å². The average Bonchev–Trinajstić information content (AvgIpc) is 2.51. The van der Waals surface area contributed by atoms with Crippen LogP contribution >= 0.6 is 0 Å². The number of para-hydroxylation sites is 2. The van der Waals surface area contributed by atoms with Gasteiger partial charge in [0.05, 0.1) is 12.2 Å². The van der Waals surface area contributed by atoms with Crippen LogP contribution in [0.3, 0.4) is 0 Å². The first-order valence-corrected chi connectivity index (χ1v) is 6.82. The van der Waals surface area contributed by atoms with Crippen LogP contribution in [0.5, 0.6) is 5.75 Å². The van der Waals surface area contributed by atoms with E-state index in [1.54, 1.807) is 29.2 Å². The van der Waals surface area contributed by atoms with Crippen molar-refractivity contribution >= 4 is 23.3 Å². The summed E-state index contributed by atoms with van der Waals surface area (Å²) in [5, 5.41) is 2.46. The van der Waals surface area contributed by atoms with Gasteiger partial charge in [-0.15, -0.1) is 0 Å². The number of carbonyl (C=O) groups excluding carboxylic acids is 2. The van der Waals surface area contributed by atoms with E-state index in [-0.39, 0.29) is 18.8 Å². The third kappa shape index (κ3) is 3.28. The Kier molecular flexibility index (Phi) is 3.92. The van der Waals surface area contributed by atoms with Crippen molar-refractivity contribution in [3.8, 4) is 5.75 Å². The summed E-state index contributed by atoms with van der Waals surface area (Å²) in [6.07, 6.45) is 0. The van der Waals surface area contributed by atoms with Crippen molar-refractivity contribution < 1.29 is 23.1 Å². The molecular weight excluding hydrogens is 306 g/mol. The Bertz CT molecular complexity index is 780. The summed E-state index contributed by atoms with van der Waals surface area (Å²) >= 11 is 0. The predicted molar refractivity (Wildman–Crippen MR) is 79.3 cm³/mol. The molecule has 118 valence electrons. The number of rotatable bonds is 3. The first-order chi connectivity index (χ1) is 11.0. The minimum Gasteiger partial charge on any atom is -0.423 e. The van der Waals surface area contributed by atoms with Gasteiger partial charge >= 0.3 is 5.97 Å². The molecule has 0 spiro atoms. The molecule has 1 aliphatic heterocycles. The standard InChI is InChI=1S/C16H12F2N2O3/c17-11-6-5-10(7-12(11)18)19-15(21)8-20-9-16(22)23-14-4-2-1-3-13(14)20/h1-7H,8-9H2,(H,19,21). The number of nitrogens with one attached hydrogen (secondary N) is 1. The van der Waals surface area contributed by atoms with Gasteiger partial charge in [-0.3, -0.25) is 4.79 Å². The van der Waals surface area contributed by atoms with Crippen molar-refractivity contribution in [3.63, 3.8) is 0 Å². The van der Waals surface area contributed by atoms with Crippen molar-refractivity contribution in [1.29, 1.82) is 0 Å². The van der Waals surface area contributed by atoms with E-state index in [2.05, 4.69) is 5.32 Å². The minimum absolute atomic E-state index is 0.0672. The van der Waals surface area contributed by atoms with Gasteiger partial charge < -0.3 is 15.0 Å². The lowest BCUT2D eigenvalue weighted by Gasteiger charge is -2.29. The van der Waals surface area contributed by atoms with Gasteiger partial charge in [-0.2, -0.15) is 0 Å². The number of benzene rings is 2. The number of carbonyl (C=O) groups is 2. The fourth-order valence-electron chi connectivity index (χ4n) is 2.29. The number of esters is 1. The highest BCUT2D eigenvalue weighted by molar-refractivity contribution is 5.96. The highest BCUT2D eigenvalue weighted by Gasteiger charge is 2.25. The molecule has 1 heterocycles. The summed E-state index contributed by atoms with van der Waals surface area (Å²) < 4.78 is 31.1. The molecule has 0 saturated heterocycles. The second-order valence-corrected chi connectivity index (χ2v) is 4.97. The van der Waals surface area contributed by atoms with E-state index in [4.69, 9.17) is 4.74 Å². The maximum atomic E-state index is 13.1. The fraction of sp³-hybridized carbons (Fsp3) is 0.125. The van der Waals surface area contributed by atoms with E-state index in [9.17, 15) is 18.4 Å². The van der Waals surface area contributed by atoms with E-state index in [1.165, 1.54) is 6.07 Å². The van der Waals surface area contributed by atoms with Gasteiger partial charge in [-0.05, 0) is 24.3 Å². The van der Waals surface area contributed by atoms with Gasteiger partial charge in [0.15, 0.2) is 17.4 Å². The molecule has 2 aromatic carbocycles. The predicted octanol–water partition coefficient (Wildman–Crippen LogP) is 2.33. The number of nitrogens with zero attached hydrogens (tertiary/aromatic N) is 1. The van der Waals surface area contributed by atoms with E-state index >= 15 is 0 Å². The molecule has 0 aliphatic carbocycles. The van der Waals surface area contributed by atoms with Crippen molar-refractivity contribution in [3.05, 3.63) is 54.1 Å². The normalized spacial score (nSPS) is 13.3. The molecule has 0 bridgehead atoms. The number of anilines is 2. The van der Waals surface area contributed by atoms with E-state index in [0.29, 0.717) is 11.4 Å². The third-order valence-corrected chi connectivity index (χ3v) is 3.29. The van der Waals surface area contributed by atoms with E-state index < -0.39 is 23.5 Å². The smallest absolute Gasteiger partial charge is 0.331 e. The lowest BCUT2D eigenvalue weighted by Crippen LogP contribution is -2.41. The Hall–Kier alpha value is -2.96. The molecule has 0 unspecified atom stereocenters. The maximum absolute atomic E-state index is 13.1. The quantitative estimate of drug-likeness (QED) is 0.697. The second-order valence-electron chi connectivity index (χ2n) is 4.97. The molecule has 0 aromatic heterocycles. The second kappa shape index (κ2) is 6.04. The molecule has 2 aromatic rings. The van der Waals surface area contributed by atoms with Crippen LogP contribution in [-0.2, 0) is 9.59 Å². The van der Waals surface area contributed by atoms with Crippen LogP contribution in [0.4, 0.5) is 20.2 Å². The van der Waals surface area contributed by atoms with Crippen LogP contribution in [0, 0.1) is 11.6 Å². The largest absolute Gasteiger partial charge is 0.423 e. The van der Waals surface area contributed by atoms with Crippen molar-refractivity contribution in [2.45, 2.75) is 0 Å². The van der Waals surface area contributed by atoms with Crippen LogP contribution in [0.25, 0.3) is 0 Å². The maximum Gasteiger partial charge on any atom is 0.331 e. The molecule has 5 nitrogen and oxygen atoms in total. The number of ether oxygens (including phenoxy) is 1. The molecule has 7 heteroatoms. The number of halogens is 2. The fourth-order valence-corrected chi connectivity index (χ4v) is 2.29. The SMILES string of the molecule is O=C(CN1CC(=O)Oc2ccccc21)Nc1ccc(F)c(F)c1. The Morgan fingerprint density at radius 1 is 1.17 bits per heavy atom. The first kappa shape index (κ1) is 15.0. The zero-order valence-corrected chi connectivity index (χ0v) is 11.9. The number of fused-ring (bicyclic) bond motifs is 1. The summed E-state index contributed by atoms with van der Waals surface area (Å²) in [4.78, 5) is 25.2. The third-order valence-electron chi connectivity index (χ3n) is 3.29. The topological polar surface area (TPSA) is 58.6 Å². The Labute approximate surface area is 130 Å². The van der Waals surface area contributed by atoms with Gasteiger partial charge in [0.1, 0.15) is 6.54 Å². The van der Waals surface area contributed by atoms with Crippen LogP contribution < -0.4 is 15.0 Å². The van der Waals surface area contributed by atoms with Crippen molar-refractivity contribution in [2.75, 3.05) is 23.3 Å². The van der Waals surface area contributed by atoms with Gasteiger partial charge in [0.25, 0.3) is 0 Å². The molecule has 0 atom stereocenters. The monoisotopic (exact) mass is 318 g/mol. The number of amides is 1. The molecule has 0 fully saturated rings. The highest BCUT2D eigenvalue weighted by atomic mass is 19.2. The van der Waals surface area contributed by atoms with Crippen molar-refractivity contribution in [2.24, 2.45) is 0 Å². The molecule has 1 N–H and O–H groups in total. The van der Waals surface area contributed by atoms with Crippen LogP contribution in [0.1, 0.15) is 0 Å². The molecule has 1 aliphatic rings. The molecule has 3 rings (SSSR count). The zero-order valence-electron chi connectivity index (χ0n) is 11.9. The molecule has 23 heavy (non-hydrogen) atoms. The molecule has 0 saturated carbocycles. The van der Waals surface area contributed by atoms with Gasteiger partial charge in [0.2, 0.25) is 5.91 Å². The molecule has 1 amide bonds. The lowest BCUT2D eigenvalue weighted by atomic mass is 10.2. The zero-order chi connectivity index (χ0) is 16.4. The van der Waals surface area contributed by atoms with Crippen LogP contribution in [0.15, 0.2) is 42.5 Å². The summed E-state index contributed by atoms with van der Waals surface area (Å²) in [6.45, 7) is -0.187. The van der Waals surface area contributed by atoms with Gasteiger partial charge in [-0.1, -0.05) is 12.1 Å². The van der Waals surface area contributed by atoms with Gasteiger partial charge in [0, 0.05) is 11.8 Å². The molecular formula is C16H12F2N2O3. The Morgan fingerprint density at radius 2 is 1.96 bits per heavy atom. The average molecular weight is 318 g/mol. The lowest BCUT2D eigenvalue weighted by molar-refractivity contribution is -0.133. The Balaban J connectivity index is 1.73. The highest BCUT2D eigenvalue weighted by Crippen LogP contribution is 2.31. The summed E-state index contributed by atoms with van der Waals surface area (Å²) in [5.74, 6) is -2.58. The molecule has 0 radical (unpaired) electrons. The summed E-state index contributed by atoms with van der Waals surface area (Å²) in [5.41, 5.74) is 0.759. The Morgan fingerprint density at radius 3 is 2.74 bits per heavy atom. The van der Waals surface area contributed by atoms with Crippen molar-refractivity contribution in [1.82, 2.24) is 0 Å². The summed E-state index contributed by atoms with van der Waals surface area (Å²) in [7, 11) is 0. The minimum atomic E-state index is -1.05. The number of hydrogen-bond acceptors (Lipinski definition) is 4. The van der Waals surface area contributed by atoms with Crippen LogP contribution in [0.2, 0.25) is 0 Å². The number of hydrogen-bond donors (Lipinski definition) is 1. The van der Waals surface area contributed by atoms with Gasteiger partial charge in [-0.25, -0.2) is 13.6 Å². The first-order valence-electron chi connectivity index (χ1n) is 6.82. The van der Waals surface area contributed by atoms with E-state index in [0.717, 1.165) is 12.1 Å². The summed E-state index contributed by atoms with van der Waals surface area (Å²) in [6, 6.07) is 9.92. The van der Waals surface area contributed by atoms with Crippen LogP contribution in [-0.4, -0.2) is 25.0 Å².